The van der Waals surface area contributed by atoms with Crippen molar-refractivity contribution in [3.05, 3.63) is 53.3 Å². The second-order valence-corrected chi connectivity index (χ2v) is 14.3. The number of fused-ring (bicyclic) bond motifs is 14. The molecule has 1 amide bonds. The molecule has 13 heteroatoms. The van der Waals surface area contributed by atoms with E-state index >= 15 is 0 Å². The van der Waals surface area contributed by atoms with Crippen LogP contribution in [-0.2, 0) is 23.8 Å². The molecule has 0 spiro atoms. The van der Waals surface area contributed by atoms with E-state index in [1.165, 1.54) is 33.3 Å². The number of ketones is 1. The van der Waals surface area contributed by atoms with Gasteiger partial charge in [0.2, 0.25) is 0 Å². The molecule has 5 bridgehead atoms. The number of ether oxygens (including phenoxy) is 4. The standard InChI is InChI=1S/C39H52N2O11/c1-18-13-12-14-19(2)38(48)40-25-17-26(41(9)10)28-29(34(25)46)33(45)23(6)36-30(28)37(47)39(8,52-36)50-16-15-27(49-11)20(3)35(51-24(7)42)22(5)32(44)21(4)31(18)43/h12-18,20-22,27,31-32,35,43-46H,1-11H3,(H,40,48)/b13-12+,16-15+,19-14?. The minimum atomic E-state index is -1.90. The minimum absolute atomic E-state index is 0.00264. The number of methoxy groups -OCH3 is 1. The smallest absolute Gasteiger partial charge is 0.312 e. The van der Waals surface area contributed by atoms with Crippen molar-refractivity contribution in [1.29, 1.82) is 0 Å². The first-order chi connectivity index (χ1) is 24.3. The third kappa shape index (κ3) is 7.48. The number of nitrogens with zero attached hydrogens (tertiary/aromatic N) is 1. The number of aliphatic hydroxyl groups excluding tert-OH is 2. The molecule has 9 atom stereocenters. The number of anilines is 2. The maximum atomic E-state index is 14.2. The molecule has 0 aromatic heterocycles. The van der Waals surface area contributed by atoms with Gasteiger partial charge in [0, 0.05) is 80.9 Å². The number of nitrogens with one attached hydrogen (secondary N) is 1. The van der Waals surface area contributed by atoms with E-state index < -0.39 is 77.3 Å². The zero-order valence-corrected chi connectivity index (χ0v) is 31.7. The van der Waals surface area contributed by atoms with Gasteiger partial charge in [-0.25, -0.2) is 0 Å². The predicted octanol–water partition coefficient (Wildman–Crippen LogP) is 5.11. The second-order valence-electron chi connectivity index (χ2n) is 14.3. The summed E-state index contributed by atoms with van der Waals surface area (Å²) in [4.78, 5) is 41.5. The highest BCUT2D eigenvalue weighted by molar-refractivity contribution is 6.23. The van der Waals surface area contributed by atoms with Gasteiger partial charge in [-0.15, -0.1) is 0 Å². The van der Waals surface area contributed by atoms with Crippen LogP contribution < -0.4 is 15.0 Å². The number of aromatic hydroxyl groups is 2. The number of amides is 1. The van der Waals surface area contributed by atoms with Crippen molar-refractivity contribution in [3.8, 4) is 17.2 Å². The van der Waals surface area contributed by atoms with Gasteiger partial charge in [0.1, 0.15) is 17.6 Å². The Morgan fingerprint density at radius 3 is 2.21 bits per heavy atom. The van der Waals surface area contributed by atoms with Crippen LogP contribution in [0.4, 0.5) is 11.4 Å². The van der Waals surface area contributed by atoms with Crippen LogP contribution in [0.5, 0.6) is 17.2 Å². The maximum Gasteiger partial charge on any atom is 0.312 e. The first kappa shape index (κ1) is 40.2. The fourth-order valence-corrected chi connectivity index (χ4v) is 7.00. The quantitative estimate of drug-likeness (QED) is 0.209. The molecule has 0 aliphatic carbocycles. The lowest BCUT2D eigenvalue weighted by Gasteiger charge is -2.38. The van der Waals surface area contributed by atoms with Crippen molar-refractivity contribution >= 4 is 39.8 Å². The van der Waals surface area contributed by atoms with Crippen molar-refractivity contribution in [1.82, 2.24) is 0 Å². The van der Waals surface area contributed by atoms with Crippen LogP contribution in [0.3, 0.4) is 0 Å². The summed E-state index contributed by atoms with van der Waals surface area (Å²) in [5.74, 6) is -6.62. The minimum Gasteiger partial charge on any atom is -0.507 e. The molecule has 3 aliphatic heterocycles. The van der Waals surface area contributed by atoms with Gasteiger partial charge in [0.15, 0.2) is 5.75 Å². The summed E-state index contributed by atoms with van der Waals surface area (Å²) >= 11 is 0. The van der Waals surface area contributed by atoms with Crippen LogP contribution in [0.2, 0.25) is 0 Å². The van der Waals surface area contributed by atoms with Gasteiger partial charge in [-0.3, -0.25) is 14.4 Å². The SMILES string of the molecule is COC1/C=C/OC2(C)Oc3c(C)c(O)c4c(O)c(cc(N(C)C)c4c3C2=O)NC(=O)C(C)=C/C=C/C(C)C(O)C(C)C(O)C(C)C(OC(C)=O)C1C. The van der Waals surface area contributed by atoms with E-state index in [-0.39, 0.29) is 44.7 Å². The first-order valence-corrected chi connectivity index (χ1v) is 17.3. The molecule has 3 aliphatic rings. The lowest BCUT2D eigenvalue weighted by Crippen LogP contribution is -2.46. The van der Waals surface area contributed by atoms with E-state index in [0.717, 1.165) is 0 Å². The molecule has 2 aromatic rings. The number of phenolic OH excluding ortho intramolecular Hbond substituents is 2. The van der Waals surface area contributed by atoms with Crippen LogP contribution in [0, 0.1) is 30.6 Å². The molecule has 13 nitrogen and oxygen atoms in total. The van der Waals surface area contributed by atoms with Crippen LogP contribution in [-0.4, -0.2) is 89.5 Å². The van der Waals surface area contributed by atoms with E-state index in [0.29, 0.717) is 5.69 Å². The van der Waals surface area contributed by atoms with Crippen LogP contribution in [0.25, 0.3) is 10.8 Å². The maximum absolute atomic E-state index is 14.2. The Balaban J connectivity index is 1.92. The largest absolute Gasteiger partial charge is 0.507 e. The van der Waals surface area contributed by atoms with Gasteiger partial charge < -0.3 is 49.6 Å². The summed E-state index contributed by atoms with van der Waals surface area (Å²) in [6.07, 6.45) is 3.97. The van der Waals surface area contributed by atoms with Gasteiger partial charge in [-0.05, 0) is 26.0 Å². The van der Waals surface area contributed by atoms with Crippen LogP contribution >= 0.6 is 0 Å². The molecule has 3 heterocycles. The third-order valence-electron chi connectivity index (χ3n) is 10.3. The number of Topliss-reactive ketones (excluding diaryl/α,β-unsaturated/α-hetero) is 1. The van der Waals surface area contributed by atoms with Crippen molar-refractivity contribution in [2.45, 2.75) is 85.6 Å². The van der Waals surface area contributed by atoms with Crippen molar-refractivity contribution < 1.29 is 53.8 Å². The van der Waals surface area contributed by atoms with E-state index in [9.17, 15) is 34.8 Å². The summed E-state index contributed by atoms with van der Waals surface area (Å²) in [7, 11) is 4.90. The number of hydrogen-bond donors (Lipinski definition) is 5. The topological polar surface area (TPSA) is 184 Å². The summed E-state index contributed by atoms with van der Waals surface area (Å²) in [5.41, 5.74) is 0.926. The Morgan fingerprint density at radius 1 is 0.962 bits per heavy atom. The summed E-state index contributed by atoms with van der Waals surface area (Å²) in [5, 5.41) is 48.5. The van der Waals surface area contributed by atoms with E-state index in [1.807, 2.05) is 0 Å². The average Bonchev–Trinajstić information content (AvgIpc) is 3.35. The molecule has 5 N–H and O–H groups in total. The van der Waals surface area contributed by atoms with E-state index in [1.54, 1.807) is 84.8 Å². The molecule has 284 valence electrons. The number of carbonyl (C=O) groups is 3. The molecule has 2 aromatic carbocycles. The van der Waals surface area contributed by atoms with Crippen molar-refractivity contribution in [2.75, 3.05) is 31.4 Å². The second kappa shape index (κ2) is 15.6. The summed E-state index contributed by atoms with van der Waals surface area (Å²) in [6.45, 7) is 12.8. The number of rotatable bonds is 3. The fraction of sp³-hybridized carbons (Fsp3) is 0.513. The average molecular weight is 725 g/mol. The highest BCUT2D eigenvalue weighted by atomic mass is 16.7. The van der Waals surface area contributed by atoms with E-state index in [4.69, 9.17) is 18.9 Å². The number of carbonyl (C=O) groups excluding carboxylic acids is 3. The van der Waals surface area contributed by atoms with Gasteiger partial charge in [-0.2, -0.15) is 0 Å². The monoisotopic (exact) mass is 724 g/mol. The summed E-state index contributed by atoms with van der Waals surface area (Å²) in [6, 6.07) is 1.51. The third-order valence-corrected chi connectivity index (χ3v) is 10.3. The highest BCUT2D eigenvalue weighted by Gasteiger charge is 2.49. The lowest BCUT2D eigenvalue weighted by molar-refractivity contribution is -0.160. The molecule has 52 heavy (non-hydrogen) atoms. The van der Waals surface area contributed by atoms with Crippen LogP contribution in [0.15, 0.2) is 42.2 Å². The first-order valence-electron chi connectivity index (χ1n) is 17.3. The number of allylic oxidation sites excluding steroid dienone is 2. The number of aliphatic hydroxyl groups is 2. The molecule has 0 radical (unpaired) electrons. The number of benzene rings is 2. The van der Waals surface area contributed by atoms with Gasteiger partial charge in [0.05, 0.1) is 41.2 Å². The van der Waals surface area contributed by atoms with Crippen molar-refractivity contribution in [3.63, 3.8) is 0 Å². The highest BCUT2D eigenvalue weighted by Crippen LogP contribution is 2.53. The Bertz CT molecular complexity index is 1820. The molecule has 5 rings (SSSR count). The molecular weight excluding hydrogens is 672 g/mol. The van der Waals surface area contributed by atoms with Gasteiger partial charge in [-0.1, -0.05) is 45.9 Å². The van der Waals surface area contributed by atoms with Crippen molar-refractivity contribution in [2.24, 2.45) is 23.7 Å². The molecular formula is C39H52N2O11. The number of hydrogen-bond acceptors (Lipinski definition) is 12. The van der Waals surface area contributed by atoms with Gasteiger partial charge in [0.25, 0.3) is 11.7 Å². The number of phenols is 2. The Kier molecular flexibility index (Phi) is 12.0. The zero-order chi connectivity index (χ0) is 39.0. The normalized spacial score (nSPS) is 31.4. The van der Waals surface area contributed by atoms with Gasteiger partial charge >= 0.3 is 11.8 Å². The lowest BCUT2D eigenvalue weighted by atomic mass is 9.78. The zero-order valence-electron chi connectivity index (χ0n) is 31.7. The molecule has 9 unspecified atom stereocenters. The molecule has 0 fully saturated rings. The number of esters is 1. The summed E-state index contributed by atoms with van der Waals surface area (Å²) < 4.78 is 23.6. The Labute approximate surface area is 304 Å². The fourth-order valence-electron chi connectivity index (χ4n) is 7.00. The molecule has 0 saturated carbocycles. The molecule has 0 saturated heterocycles. The predicted molar refractivity (Wildman–Crippen MR) is 196 cm³/mol. The van der Waals surface area contributed by atoms with Crippen LogP contribution in [0.1, 0.15) is 64.4 Å². The van der Waals surface area contributed by atoms with E-state index in [2.05, 4.69) is 5.32 Å². The Morgan fingerprint density at radius 2 is 1.62 bits per heavy atom. The Hall–Kier alpha value is -4.59.